The molecule has 0 atom stereocenters. The Kier molecular flexibility index (Phi) is 3.02. The molecule has 2 aromatic carbocycles. The van der Waals surface area contributed by atoms with E-state index in [1.807, 2.05) is 54.6 Å². The van der Waals surface area contributed by atoms with Crippen LogP contribution in [0.1, 0.15) is 0 Å². The lowest BCUT2D eigenvalue weighted by atomic mass is 10.2. The molecule has 3 heteroatoms. The molecule has 3 aromatic rings. The van der Waals surface area contributed by atoms with Crippen molar-refractivity contribution in [2.45, 2.75) is 0 Å². The second-order valence-corrected chi connectivity index (χ2v) is 5.78. The van der Waals surface area contributed by atoms with E-state index < -0.39 is 0 Å². The minimum Gasteiger partial charge on any atom is -0.288 e. The van der Waals surface area contributed by atoms with Crippen molar-refractivity contribution in [2.75, 3.05) is 0 Å². The molecule has 1 nitrogen and oxygen atoms in total. The molecule has 0 amide bonds. The fourth-order valence-electron chi connectivity index (χ4n) is 1.89. The van der Waals surface area contributed by atoms with Gasteiger partial charge in [-0.2, -0.15) is 0 Å². The lowest BCUT2D eigenvalue weighted by molar-refractivity contribution is 1.61. The third kappa shape index (κ3) is 1.89. The van der Waals surface area contributed by atoms with E-state index in [2.05, 4.69) is 15.9 Å². The van der Waals surface area contributed by atoms with Crippen molar-refractivity contribution in [3.05, 3.63) is 69.3 Å². The van der Waals surface area contributed by atoms with Crippen molar-refractivity contribution < 1.29 is 0 Å². The highest BCUT2D eigenvalue weighted by atomic mass is 79.9. The van der Waals surface area contributed by atoms with Gasteiger partial charge in [0.1, 0.15) is 0 Å². The summed E-state index contributed by atoms with van der Waals surface area (Å²) in [4.78, 5) is 13.3. The summed E-state index contributed by atoms with van der Waals surface area (Å²) in [5, 5.41) is 0.772. The lowest BCUT2D eigenvalue weighted by Gasteiger charge is -2.05. The predicted octanol–water partition coefficient (Wildman–Crippen LogP) is 4.69. The van der Waals surface area contributed by atoms with Gasteiger partial charge in [-0.15, -0.1) is 11.3 Å². The van der Waals surface area contributed by atoms with E-state index in [-0.39, 0.29) is 5.43 Å². The maximum atomic E-state index is 12.3. The third-order valence-corrected chi connectivity index (χ3v) is 5.02. The summed E-state index contributed by atoms with van der Waals surface area (Å²) in [6, 6.07) is 17.7. The van der Waals surface area contributed by atoms with Crippen LogP contribution in [0.5, 0.6) is 0 Å². The number of hydrogen-bond donors (Lipinski definition) is 0. The van der Waals surface area contributed by atoms with Crippen molar-refractivity contribution in [2.24, 2.45) is 0 Å². The number of halogens is 1. The average Bonchev–Trinajstić information content (AvgIpc) is 2.44. The molecule has 3 rings (SSSR count). The van der Waals surface area contributed by atoms with Crippen molar-refractivity contribution in [1.82, 2.24) is 0 Å². The zero-order chi connectivity index (χ0) is 12.5. The van der Waals surface area contributed by atoms with Gasteiger partial charge in [-0.25, -0.2) is 0 Å². The van der Waals surface area contributed by atoms with Crippen molar-refractivity contribution in [1.29, 1.82) is 0 Å². The normalized spacial score (nSPS) is 10.7. The van der Waals surface area contributed by atoms with Crippen LogP contribution in [0.3, 0.4) is 0 Å². The Morgan fingerprint density at radius 1 is 0.889 bits per heavy atom. The van der Waals surface area contributed by atoms with Gasteiger partial charge in [0.2, 0.25) is 5.43 Å². The van der Waals surface area contributed by atoms with E-state index in [9.17, 15) is 4.79 Å². The van der Waals surface area contributed by atoms with Crippen molar-refractivity contribution in [3.63, 3.8) is 0 Å². The van der Waals surface area contributed by atoms with Crippen LogP contribution >= 0.6 is 27.3 Å². The fourth-order valence-corrected chi connectivity index (χ4v) is 3.65. The molecule has 0 aliphatic heterocycles. The van der Waals surface area contributed by atoms with E-state index in [1.54, 1.807) is 11.3 Å². The van der Waals surface area contributed by atoms with Crippen molar-refractivity contribution in [3.8, 4) is 10.4 Å². The first-order chi connectivity index (χ1) is 8.77. The standard InChI is InChI=1S/C15H9BrOS/c16-13-14(17)11-8-4-5-9-12(11)18-15(13)10-6-2-1-3-7-10/h1-9H. The molecule has 0 unspecified atom stereocenters. The first-order valence-corrected chi connectivity index (χ1v) is 7.15. The van der Waals surface area contributed by atoms with E-state index in [0.717, 1.165) is 20.5 Å². The van der Waals surface area contributed by atoms with Crippen LogP contribution in [-0.2, 0) is 0 Å². The SMILES string of the molecule is O=c1c(Br)c(-c2ccccc2)sc2ccccc12. The van der Waals surface area contributed by atoms with Gasteiger partial charge in [-0.3, -0.25) is 4.79 Å². The Morgan fingerprint density at radius 2 is 1.56 bits per heavy atom. The highest BCUT2D eigenvalue weighted by Crippen LogP contribution is 2.33. The first-order valence-electron chi connectivity index (χ1n) is 5.54. The Bertz CT molecular complexity index is 762. The fraction of sp³-hybridized carbons (Fsp3) is 0. The average molecular weight is 317 g/mol. The molecule has 0 saturated carbocycles. The number of rotatable bonds is 1. The Morgan fingerprint density at radius 3 is 2.33 bits per heavy atom. The van der Waals surface area contributed by atoms with Gasteiger partial charge < -0.3 is 0 Å². The number of benzene rings is 2. The van der Waals surface area contributed by atoms with E-state index in [4.69, 9.17) is 0 Å². The van der Waals surface area contributed by atoms with E-state index in [0.29, 0.717) is 4.47 Å². The molecule has 1 heterocycles. The number of hydrogen-bond acceptors (Lipinski definition) is 2. The highest BCUT2D eigenvalue weighted by molar-refractivity contribution is 9.10. The topological polar surface area (TPSA) is 17.1 Å². The van der Waals surface area contributed by atoms with Crippen LogP contribution in [0.15, 0.2) is 63.9 Å². The maximum Gasteiger partial charge on any atom is 0.202 e. The summed E-state index contributed by atoms with van der Waals surface area (Å²) in [7, 11) is 0. The van der Waals surface area contributed by atoms with Crippen LogP contribution in [0, 0.1) is 0 Å². The summed E-state index contributed by atoms with van der Waals surface area (Å²) < 4.78 is 1.67. The molecule has 0 radical (unpaired) electrons. The maximum absolute atomic E-state index is 12.3. The summed E-state index contributed by atoms with van der Waals surface area (Å²) >= 11 is 5.07. The quantitative estimate of drug-likeness (QED) is 0.636. The molecule has 18 heavy (non-hydrogen) atoms. The predicted molar refractivity (Wildman–Crippen MR) is 81.2 cm³/mol. The van der Waals surface area contributed by atoms with E-state index >= 15 is 0 Å². The Hall–Kier alpha value is -1.45. The van der Waals surface area contributed by atoms with Crippen molar-refractivity contribution >= 4 is 37.4 Å². The van der Waals surface area contributed by atoms with E-state index in [1.165, 1.54) is 0 Å². The second kappa shape index (κ2) is 4.67. The molecular formula is C15H9BrOS. The third-order valence-electron chi connectivity index (χ3n) is 2.78. The minimum absolute atomic E-state index is 0.0585. The zero-order valence-corrected chi connectivity index (χ0v) is 11.8. The monoisotopic (exact) mass is 316 g/mol. The smallest absolute Gasteiger partial charge is 0.202 e. The molecule has 0 bridgehead atoms. The molecule has 0 N–H and O–H groups in total. The Balaban J connectivity index is 2.38. The summed E-state index contributed by atoms with van der Waals surface area (Å²) in [5.41, 5.74) is 1.13. The van der Waals surface area contributed by atoms with Crippen LogP contribution in [0.2, 0.25) is 0 Å². The molecule has 0 saturated heterocycles. The molecular weight excluding hydrogens is 308 g/mol. The summed E-state index contributed by atoms with van der Waals surface area (Å²) in [6.45, 7) is 0. The van der Waals surface area contributed by atoms with Gasteiger partial charge in [0.05, 0.1) is 9.35 Å². The molecule has 0 spiro atoms. The largest absolute Gasteiger partial charge is 0.288 e. The molecule has 0 aliphatic carbocycles. The van der Waals surface area contributed by atoms with Gasteiger partial charge >= 0.3 is 0 Å². The van der Waals surface area contributed by atoms with Crippen LogP contribution in [-0.4, -0.2) is 0 Å². The Labute approximate surface area is 117 Å². The van der Waals surface area contributed by atoms with Gasteiger partial charge in [-0.1, -0.05) is 42.5 Å². The van der Waals surface area contributed by atoms with Crippen LogP contribution < -0.4 is 5.43 Å². The van der Waals surface area contributed by atoms with Crippen LogP contribution in [0.25, 0.3) is 20.5 Å². The molecule has 0 fully saturated rings. The molecule has 0 aliphatic rings. The summed E-state index contributed by atoms with van der Waals surface area (Å²) in [5.74, 6) is 0. The molecule has 88 valence electrons. The minimum atomic E-state index is 0.0585. The second-order valence-electron chi connectivity index (χ2n) is 3.94. The number of fused-ring (bicyclic) bond motifs is 1. The zero-order valence-electron chi connectivity index (χ0n) is 9.39. The molecule has 1 aromatic heterocycles. The van der Waals surface area contributed by atoms with Gasteiger partial charge in [-0.05, 0) is 33.6 Å². The van der Waals surface area contributed by atoms with Crippen LogP contribution in [0.4, 0.5) is 0 Å². The van der Waals surface area contributed by atoms with Gasteiger partial charge in [0.25, 0.3) is 0 Å². The highest BCUT2D eigenvalue weighted by Gasteiger charge is 2.11. The van der Waals surface area contributed by atoms with Gasteiger partial charge in [0, 0.05) is 10.1 Å². The summed E-state index contributed by atoms with van der Waals surface area (Å²) in [6.07, 6.45) is 0. The first kappa shape index (κ1) is 11.6. The van der Waals surface area contributed by atoms with Gasteiger partial charge in [0.15, 0.2) is 0 Å². The lowest BCUT2D eigenvalue weighted by Crippen LogP contribution is -2.02.